The Balaban J connectivity index is 0. The summed E-state index contributed by atoms with van der Waals surface area (Å²) in [7, 11) is 4.14. The highest BCUT2D eigenvalue weighted by Gasteiger charge is 1.97. The molecule has 0 saturated carbocycles. The van der Waals surface area contributed by atoms with E-state index in [9.17, 15) is 4.79 Å². The number of hydrogen-bond acceptors (Lipinski definition) is 3. The van der Waals surface area contributed by atoms with Crippen LogP contribution in [0.15, 0.2) is 11.6 Å². The first-order valence-electron chi connectivity index (χ1n) is 6.29. The van der Waals surface area contributed by atoms with Gasteiger partial charge in [-0.15, -0.1) is 17.0 Å². The van der Waals surface area contributed by atoms with Crippen molar-refractivity contribution in [3.8, 4) is 0 Å². The maximum atomic E-state index is 10.5. The lowest BCUT2D eigenvalue weighted by Gasteiger charge is -2.09. The number of carboxylic acids is 1. The molecule has 0 spiro atoms. The Morgan fingerprint density at radius 1 is 1.22 bits per heavy atom. The second kappa shape index (κ2) is 13.1. The molecule has 0 aromatic rings. The zero-order valence-corrected chi connectivity index (χ0v) is 13.5. The van der Waals surface area contributed by atoms with Crippen LogP contribution in [-0.2, 0) is 4.79 Å². The number of rotatable bonds is 10. The molecule has 0 heterocycles. The molecule has 0 aliphatic carbocycles. The number of carbonyl (C=O) groups is 1. The molecule has 2 N–H and O–H groups in total. The molecular formula is C13H27BrN2O2. The number of allylic oxidation sites excluding steroid dienone is 1. The predicted molar refractivity (Wildman–Crippen MR) is 81.6 cm³/mol. The van der Waals surface area contributed by atoms with Crippen LogP contribution in [-0.4, -0.2) is 49.7 Å². The van der Waals surface area contributed by atoms with E-state index in [4.69, 9.17) is 5.11 Å². The quantitative estimate of drug-likeness (QED) is 0.478. The summed E-state index contributed by atoms with van der Waals surface area (Å²) in [5.74, 6) is -0.810. The van der Waals surface area contributed by atoms with Gasteiger partial charge in [0, 0.05) is 18.7 Å². The van der Waals surface area contributed by atoms with E-state index in [1.54, 1.807) is 6.92 Å². The third-order valence-corrected chi connectivity index (χ3v) is 2.58. The van der Waals surface area contributed by atoms with Gasteiger partial charge in [0.25, 0.3) is 0 Å². The zero-order valence-electron chi connectivity index (χ0n) is 11.7. The Morgan fingerprint density at radius 3 is 2.44 bits per heavy atom. The van der Waals surface area contributed by atoms with Gasteiger partial charge in [-0.1, -0.05) is 12.5 Å². The molecule has 0 aliphatic heterocycles. The van der Waals surface area contributed by atoms with Crippen molar-refractivity contribution in [2.75, 3.05) is 33.7 Å². The largest absolute Gasteiger partial charge is 0.478 e. The number of carboxylic acid groups (broad SMARTS) is 1. The van der Waals surface area contributed by atoms with Crippen molar-refractivity contribution in [1.29, 1.82) is 0 Å². The lowest BCUT2D eigenvalue weighted by molar-refractivity contribution is -0.132. The highest BCUT2D eigenvalue weighted by molar-refractivity contribution is 8.93. The molecule has 108 valence electrons. The number of hydrogen-bond donors (Lipinski definition) is 2. The van der Waals surface area contributed by atoms with Crippen LogP contribution in [0, 0.1) is 0 Å². The van der Waals surface area contributed by atoms with Gasteiger partial charge < -0.3 is 15.3 Å². The minimum absolute atomic E-state index is 0. The summed E-state index contributed by atoms with van der Waals surface area (Å²) < 4.78 is 0. The van der Waals surface area contributed by atoms with Crippen LogP contribution in [0.1, 0.15) is 32.6 Å². The SMILES string of the molecule is Br.CC(=CCCCCCNCCN(C)C)C(=O)O. The Kier molecular flexibility index (Phi) is 14.5. The van der Waals surface area contributed by atoms with E-state index in [0.29, 0.717) is 5.57 Å². The summed E-state index contributed by atoms with van der Waals surface area (Å²) in [5.41, 5.74) is 0.453. The Hall–Kier alpha value is -0.390. The van der Waals surface area contributed by atoms with Crippen LogP contribution in [0.25, 0.3) is 0 Å². The molecule has 0 amide bonds. The van der Waals surface area contributed by atoms with Gasteiger partial charge in [-0.25, -0.2) is 4.79 Å². The zero-order chi connectivity index (χ0) is 13.1. The predicted octanol–water partition coefficient (Wildman–Crippen LogP) is 2.31. The molecule has 4 nitrogen and oxygen atoms in total. The Morgan fingerprint density at radius 2 is 1.89 bits per heavy atom. The van der Waals surface area contributed by atoms with Crippen molar-refractivity contribution in [3.63, 3.8) is 0 Å². The van der Waals surface area contributed by atoms with Gasteiger partial charge in [0.15, 0.2) is 0 Å². The first kappa shape index (κ1) is 19.9. The molecule has 0 bridgehead atoms. The normalized spacial score (nSPS) is 11.4. The molecule has 0 rings (SSSR count). The number of nitrogens with zero attached hydrogens (tertiary/aromatic N) is 1. The van der Waals surface area contributed by atoms with E-state index in [1.165, 1.54) is 0 Å². The molecule has 0 atom stereocenters. The fourth-order valence-corrected chi connectivity index (χ4v) is 1.40. The Bertz CT molecular complexity index is 243. The number of likely N-dealkylation sites (N-methyl/N-ethyl adjacent to an activating group) is 1. The lowest BCUT2D eigenvalue weighted by atomic mass is 10.1. The van der Waals surface area contributed by atoms with Crippen LogP contribution < -0.4 is 5.32 Å². The van der Waals surface area contributed by atoms with Crippen LogP contribution in [0.5, 0.6) is 0 Å². The fraction of sp³-hybridized carbons (Fsp3) is 0.769. The average molecular weight is 323 g/mol. The second-order valence-corrected chi connectivity index (χ2v) is 4.59. The van der Waals surface area contributed by atoms with Crippen molar-refractivity contribution in [1.82, 2.24) is 10.2 Å². The molecule has 0 saturated heterocycles. The number of unbranched alkanes of at least 4 members (excludes halogenated alkanes) is 3. The molecule has 0 aliphatic rings. The summed E-state index contributed by atoms with van der Waals surface area (Å²) in [4.78, 5) is 12.7. The second-order valence-electron chi connectivity index (χ2n) is 4.59. The van der Waals surface area contributed by atoms with Gasteiger partial charge in [0.1, 0.15) is 0 Å². The highest BCUT2D eigenvalue weighted by atomic mass is 79.9. The average Bonchev–Trinajstić information content (AvgIpc) is 2.25. The summed E-state index contributed by atoms with van der Waals surface area (Å²) in [6.45, 7) is 4.80. The number of halogens is 1. The van der Waals surface area contributed by atoms with Crippen molar-refractivity contribution >= 4 is 23.0 Å². The van der Waals surface area contributed by atoms with Crippen LogP contribution in [0.2, 0.25) is 0 Å². The minimum atomic E-state index is -0.810. The maximum absolute atomic E-state index is 10.5. The first-order valence-corrected chi connectivity index (χ1v) is 6.29. The van der Waals surface area contributed by atoms with Crippen LogP contribution in [0.4, 0.5) is 0 Å². The molecule has 0 unspecified atom stereocenters. The standard InChI is InChI=1S/C13H26N2O2.BrH/c1-12(13(16)17)8-6-4-5-7-9-14-10-11-15(2)3;/h8,14H,4-7,9-11H2,1-3H3,(H,16,17);1H. The molecular weight excluding hydrogens is 296 g/mol. The minimum Gasteiger partial charge on any atom is -0.478 e. The summed E-state index contributed by atoms with van der Waals surface area (Å²) >= 11 is 0. The van der Waals surface area contributed by atoms with Crippen molar-refractivity contribution in [2.45, 2.75) is 32.6 Å². The van der Waals surface area contributed by atoms with Crippen molar-refractivity contribution in [3.05, 3.63) is 11.6 Å². The lowest BCUT2D eigenvalue weighted by Crippen LogP contribution is -2.27. The van der Waals surface area contributed by atoms with Crippen LogP contribution in [0.3, 0.4) is 0 Å². The van der Waals surface area contributed by atoms with Gasteiger partial charge in [-0.2, -0.15) is 0 Å². The highest BCUT2D eigenvalue weighted by Crippen LogP contribution is 2.03. The number of nitrogens with one attached hydrogen (secondary N) is 1. The monoisotopic (exact) mass is 322 g/mol. The third-order valence-electron chi connectivity index (χ3n) is 2.58. The molecule has 0 radical (unpaired) electrons. The molecule has 5 heteroatoms. The summed E-state index contributed by atoms with van der Waals surface area (Å²) in [6.07, 6.45) is 6.06. The molecule has 0 aromatic heterocycles. The van der Waals surface area contributed by atoms with Gasteiger partial charge in [-0.3, -0.25) is 0 Å². The van der Waals surface area contributed by atoms with E-state index in [0.717, 1.165) is 45.3 Å². The molecule has 18 heavy (non-hydrogen) atoms. The van der Waals surface area contributed by atoms with Gasteiger partial charge in [-0.05, 0) is 46.8 Å². The molecule has 0 fully saturated rings. The van der Waals surface area contributed by atoms with E-state index in [1.807, 2.05) is 6.08 Å². The molecule has 0 aromatic carbocycles. The van der Waals surface area contributed by atoms with Gasteiger partial charge in [0.2, 0.25) is 0 Å². The van der Waals surface area contributed by atoms with E-state index in [2.05, 4.69) is 24.3 Å². The smallest absolute Gasteiger partial charge is 0.330 e. The van der Waals surface area contributed by atoms with Crippen molar-refractivity contribution < 1.29 is 9.90 Å². The van der Waals surface area contributed by atoms with Crippen LogP contribution >= 0.6 is 17.0 Å². The fourth-order valence-electron chi connectivity index (χ4n) is 1.40. The van der Waals surface area contributed by atoms with Crippen molar-refractivity contribution in [2.24, 2.45) is 0 Å². The Labute approximate surface area is 121 Å². The summed E-state index contributed by atoms with van der Waals surface area (Å²) in [5, 5.41) is 12.0. The van der Waals surface area contributed by atoms with Gasteiger partial charge >= 0.3 is 5.97 Å². The number of aliphatic carboxylic acids is 1. The topological polar surface area (TPSA) is 52.6 Å². The van der Waals surface area contributed by atoms with E-state index < -0.39 is 5.97 Å². The van der Waals surface area contributed by atoms with E-state index >= 15 is 0 Å². The van der Waals surface area contributed by atoms with E-state index in [-0.39, 0.29) is 17.0 Å². The first-order chi connectivity index (χ1) is 8.04. The third kappa shape index (κ3) is 13.7. The van der Waals surface area contributed by atoms with Gasteiger partial charge in [0.05, 0.1) is 0 Å². The maximum Gasteiger partial charge on any atom is 0.330 e. The summed E-state index contributed by atoms with van der Waals surface area (Å²) in [6, 6.07) is 0.